The van der Waals surface area contributed by atoms with E-state index < -0.39 is 0 Å². The average molecular weight is 269 g/mol. The van der Waals surface area contributed by atoms with E-state index in [4.69, 9.17) is 11.6 Å². The first-order valence-electron chi connectivity index (χ1n) is 6.55. The van der Waals surface area contributed by atoms with Crippen LogP contribution in [0.3, 0.4) is 0 Å². The number of nitrogens with one attached hydrogen (secondary N) is 1. The fourth-order valence-electron chi connectivity index (χ4n) is 2.47. The Bertz CT molecular complexity index is 389. The van der Waals surface area contributed by atoms with Crippen LogP contribution in [0.1, 0.15) is 19.8 Å². The molecule has 1 saturated heterocycles. The Morgan fingerprint density at radius 3 is 2.56 bits per heavy atom. The summed E-state index contributed by atoms with van der Waals surface area (Å²) >= 11 is 6.16. The molecule has 0 spiro atoms. The molecule has 0 amide bonds. The van der Waals surface area contributed by atoms with Gasteiger partial charge in [0.05, 0.1) is 22.9 Å². The zero-order chi connectivity index (χ0) is 13.0. The third-order valence-corrected chi connectivity index (χ3v) is 4.17. The van der Waals surface area contributed by atoms with E-state index >= 15 is 0 Å². The maximum atomic E-state index is 9.73. The number of para-hydroxylation sites is 1. The molecule has 1 aliphatic heterocycles. The van der Waals surface area contributed by atoms with Gasteiger partial charge >= 0.3 is 0 Å². The molecule has 0 unspecified atom stereocenters. The smallest absolute Gasteiger partial charge is 0.0662 e. The summed E-state index contributed by atoms with van der Waals surface area (Å²) in [6.45, 7) is 5.44. The zero-order valence-corrected chi connectivity index (χ0v) is 11.6. The van der Waals surface area contributed by atoms with E-state index in [1.54, 1.807) is 0 Å². The Morgan fingerprint density at radius 1 is 1.33 bits per heavy atom. The third-order valence-electron chi connectivity index (χ3n) is 3.84. The van der Waals surface area contributed by atoms with E-state index in [1.807, 2.05) is 24.3 Å². The van der Waals surface area contributed by atoms with E-state index in [2.05, 4.69) is 17.1 Å². The number of aliphatic hydroxyl groups excluding tert-OH is 1. The number of benzene rings is 1. The van der Waals surface area contributed by atoms with Gasteiger partial charge in [0, 0.05) is 13.1 Å². The van der Waals surface area contributed by atoms with E-state index in [0.717, 1.165) is 38.2 Å². The standard InChI is InChI=1S/C14H21ClN2O/c1-2-17-9-7-14(11-18,8-10-17)16-13-6-4-3-5-12(13)15/h3-6,16,18H,2,7-11H2,1H3. The Balaban J connectivity index is 2.08. The first-order valence-corrected chi connectivity index (χ1v) is 6.93. The molecular formula is C14H21ClN2O. The number of hydrogen-bond acceptors (Lipinski definition) is 3. The van der Waals surface area contributed by atoms with Crippen molar-refractivity contribution in [1.82, 2.24) is 4.90 Å². The van der Waals surface area contributed by atoms with Gasteiger partial charge in [-0.05, 0) is 31.5 Å². The monoisotopic (exact) mass is 268 g/mol. The summed E-state index contributed by atoms with van der Waals surface area (Å²) in [6, 6.07) is 7.71. The number of anilines is 1. The minimum atomic E-state index is -0.226. The largest absolute Gasteiger partial charge is 0.394 e. The number of aliphatic hydroxyl groups is 1. The number of rotatable bonds is 4. The van der Waals surface area contributed by atoms with Crippen molar-refractivity contribution in [2.45, 2.75) is 25.3 Å². The highest BCUT2D eigenvalue weighted by Gasteiger charge is 2.33. The van der Waals surface area contributed by atoms with Gasteiger partial charge in [-0.3, -0.25) is 0 Å². The molecule has 3 nitrogen and oxygen atoms in total. The molecule has 0 bridgehead atoms. The number of piperidine rings is 1. The quantitative estimate of drug-likeness (QED) is 0.881. The van der Waals surface area contributed by atoms with Crippen LogP contribution in [0.5, 0.6) is 0 Å². The van der Waals surface area contributed by atoms with Gasteiger partial charge in [-0.15, -0.1) is 0 Å². The second kappa shape index (κ2) is 5.91. The first-order chi connectivity index (χ1) is 8.69. The van der Waals surface area contributed by atoms with Gasteiger partial charge in [-0.25, -0.2) is 0 Å². The lowest BCUT2D eigenvalue weighted by Gasteiger charge is -2.41. The van der Waals surface area contributed by atoms with Crippen LogP contribution in [0.2, 0.25) is 5.02 Å². The Morgan fingerprint density at radius 2 is 2.00 bits per heavy atom. The van der Waals surface area contributed by atoms with Crippen molar-refractivity contribution >= 4 is 17.3 Å². The number of halogens is 1. The summed E-state index contributed by atoms with van der Waals surface area (Å²) in [6.07, 6.45) is 1.89. The minimum Gasteiger partial charge on any atom is -0.394 e. The first kappa shape index (κ1) is 13.7. The summed E-state index contributed by atoms with van der Waals surface area (Å²) < 4.78 is 0. The highest BCUT2D eigenvalue weighted by atomic mass is 35.5. The lowest BCUT2D eigenvalue weighted by Crippen LogP contribution is -2.51. The predicted octanol–water partition coefficient (Wildman–Crippen LogP) is 2.60. The summed E-state index contributed by atoms with van der Waals surface area (Å²) in [5, 5.41) is 13.9. The SMILES string of the molecule is CCN1CCC(CO)(Nc2ccccc2Cl)CC1. The molecule has 0 aromatic heterocycles. The van der Waals surface area contributed by atoms with E-state index in [0.29, 0.717) is 5.02 Å². The number of likely N-dealkylation sites (tertiary alicyclic amines) is 1. The van der Waals surface area contributed by atoms with Crippen molar-refractivity contribution in [3.05, 3.63) is 29.3 Å². The lowest BCUT2D eigenvalue weighted by atomic mass is 9.88. The molecule has 0 saturated carbocycles. The van der Waals surface area contributed by atoms with Crippen LogP contribution in [-0.2, 0) is 0 Å². The highest BCUT2D eigenvalue weighted by molar-refractivity contribution is 6.33. The normalized spacial score (nSPS) is 19.7. The van der Waals surface area contributed by atoms with Gasteiger partial charge in [0.1, 0.15) is 0 Å². The average Bonchev–Trinajstić information content (AvgIpc) is 2.42. The van der Waals surface area contributed by atoms with Crippen molar-refractivity contribution in [3.63, 3.8) is 0 Å². The molecule has 1 aliphatic rings. The minimum absolute atomic E-state index is 0.149. The molecule has 4 heteroatoms. The molecule has 1 aromatic rings. The summed E-state index contributed by atoms with van der Waals surface area (Å²) in [4.78, 5) is 2.40. The van der Waals surface area contributed by atoms with Gasteiger partial charge in [0.15, 0.2) is 0 Å². The maximum Gasteiger partial charge on any atom is 0.0662 e. The van der Waals surface area contributed by atoms with Crippen LogP contribution < -0.4 is 5.32 Å². The topological polar surface area (TPSA) is 35.5 Å². The van der Waals surface area contributed by atoms with Gasteiger partial charge in [0.2, 0.25) is 0 Å². The van der Waals surface area contributed by atoms with Crippen LogP contribution >= 0.6 is 11.6 Å². The molecule has 0 atom stereocenters. The van der Waals surface area contributed by atoms with Crippen molar-refractivity contribution in [3.8, 4) is 0 Å². The van der Waals surface area contributed by atoms with Gasteiger partial charge in [0.25, 0.3) is 0 Å². The molecule has 0 radical (unpaired) electrons. The van der Waals surface area contributed by atoms with E-state index in [-0.39, 0.29) is 12.1 Å². The Kier molecular flexibility index (Phi) is 4.49. The van der Waals surface area contributed by atoms with Crippen molar-refractivity contribution in [2.75, 3.05) is 31.6 Å². The molecule has 1 aromatic carbocycles. The summed E-state index contributed by atoms with van der Waals surface area (Å²) in [5.74, 6) is 0. The van der Waals surface area contributed by atoms with Gasteiger partial charge < -0.3 is 15.3 Å². The van der Waals surface area contributed by atoms with Crippen LogP contribution in [0.25, 0.3) is 0 Å². The van der Waals surface area contributed by atoms with Crippen LogP contribution in [-0.4, -0.2) is 41.8 Å². The second-order valence-electron chi connectivity index (χ2n) is 4.98. The van der Waals surface area contributed by atoms with Crippen LogP contribution in [0.4, 0.5) is 5.69 Å². The number of nitrogens with zero attached hydrogens (tertiary/aromatic N) is 1. The maximum absolute atomic E-state index is 9.73. The molecule has 18 heavy (non-hydrogen) atoms. The van der Waals surface area contributed by atoms with E-state index in [9.17, 15) is 5.11 Å². The fraction of sp³-hybridized carbons (Fsp3) is 0.571. The molecule has 1 fully saturated rings. The van der Waals surface area contributed by atoms with Crippen molar-refractivity contribution in [1.29, 1.82) is 0 Å². The lowest BCUT2D eigenvalue weighted by molar-refractivity contribution is 0.122. The van der Waals surface area contributed by atoms with Gasteiger partial charge in [-0.1, -0.05) is 30.7 Å². The number of hydrogen-bond donors (Lipinski definition) is 2. The van der Waals surface area contributed by atoms with Gasteiger partial charge in [-0.2, -0.15) is 0 Å². The molecular weight excluding hydrogens is 248 g/mol. The second-order valence-corrected chi connectivity index (χ2v) is 5.38. The third kappa shape index (κ3) is 2.97. The summed E-state index contributed by atoms with van der Waals surface area (Å²) in [7, 11) is 0. The van der Waals surface area contributed by atoms with Crippen LogP contribution in [0.15, 0.2) is 24.3 Å². The molecule has 2 N–H and O–H groups in total. The van der Waals surface area contributed by atoms with Crippen molar-refractivity contribution in [2.24, 2.45) is 0 Å². The zero-order valence-electron chi connectivity index (χ0n) is 10.8. The fourth-order valence-corrected chi connectivity index (χ4v) is 2.65. The molecule has 2 rings (SSSR count). The van der Waals surface area contributed by atoms with Crippen LogP contribution in [0, 0.1) is 0 Å². The molecule has 100 valence electrons. The molecule has 0 aliphatic carbocycles. The summed E-state index contributed by atoms with van der Waals surface area (Å²) in [5.41, 5.74) is 0.689. The van der Waals surface area contributed by atoms with Crippen molar-refractivity contribution < 1.29 is 5.11 Å². The van der Waals surface area contributed by atoms with E-state index in [1.165, 1.54) is 0 Å². The Labute approximate surface area is 114 Å². The Hall–Kier alpha value is -0.770. The highest BCUT2D eigenvalue weighted by Crippen LogP contribution is 2.30. The molecule has 1 heterocycles. The predicted molar refractivity (Wildman–Crippen MR) is 76.2 cm³/mol.